The van der Waals surface area contributed by atoms with Crippen molar-refractivity contribution in [3.63, 3.8) is 0 Å². The van der Waals surface area contributed by atoms with Crippen molar-refractivity contribution in [3.05, 3.63) is 65.2 Å². The number of ketones is 1. The van der Waals surface area contributed by atoms with Crippen LogP contribution >= 0.6 is 0 Å². The molecule has 2 nitrogen and oxygen atoms in total. The summed E-state index contributed by atoms with van der Waals surface area (Å²) in [4.78, 5) is 12.2. The minimum atomic E-state index is 0.200. The second-order valence-electron chi connectivity index (χ2n) is 6.34. The molecule has 2 heteroatoms. The van der Waals surface area contributed by atoms with Crippen LogP contribution in [0.15, 0.2) is 48.5 Å². The lowest BCUT2D eigenvalue weighted by Gasteiger charge is -2.07. The van der Waals surface area contributed by atoms with Crippen LogP contribution in [0.3, 0.4) is 0 Å². The molecule has 0 aromatic heterocycles. The van der Waals surface area contributed by atoms with Gasteiger partial charge in [-0.2, -0.15) is 0 Å². The summed E-state index contributed by atoms with van der Waals surface area (Å²) >= 11 is 0. The minimum Gasteiger partial charge on any atom is -0.494 e. The van der Waals surface area contributed by atoms with Crippen molar-refractivity contribution < 1.29 is 9.53 Å². The summed E-state index contributed by atoms with van der Waals surface area (Å²) < 4.78 is 5.75. The molecule has 0 aliphatic carbocycles. The summed E-state index contributed by atoms with van der Waals surface area (Å²) in [6.07, 6.45) is 6.17. The van der Waals surface area contributed by atoms with E-state index in [2.05, 4.69) is 19.1 Å². The van der Waals surface area contributed by atoms with Gasteiger partial charge in [-0.25, -0.2) is 0 Å². The van der Waals surface area contributed by atoms with Gasteiger partial charge in [0.1, 0.15) is 5.75 Å². The number of hydrogen-bond donors (Lipinski definition) is 0. The van der Waals surface area contributed by atoms with Crippen molar-refractivity contribution in [1.82, 2.24) is 0 Å². The van der Waals surface area contributed by atoms with E-state index in [9.17, 15) is 4.79 Å². The predicted molar refractivity (Wildman–Crippen MR) is 99.9 cm³/mol. The third-order valence-corrected chi connectivity index (χ3v) is 4.20. The van der Waals surface area contributed by atoms with E-state index in [4.69, 9.17) is 4.74 Å². The Hall–Kier alpha value is -2.09. The average molecular weight is 324 g/mol. The summed E-state index contributed by atoms with van der Waals surface area (Å²) in [5.41, 5.74) is 3.15. The lowest BCUT2D eigenvalue weighted by atomic mass is 10.0. The molecule has 0 aliphatic rings. The number of rotatable bonds is 10. The third kappa shape index (κ3) is 6.19. The summed E-state index contributed by atoms with van der Waals surface area (Å²) in [5.74, 6) is 1.12. The molecule has 0 fully saturated rings. The summed E-state index contributed by atoms with van der Waals surface area (Å²) in [7, 11) is 0. The summed E-state index contributed by atoms with van der Waals surface area (Å²) in [6, 6.07) is 15.9. The number of ether oxygens (including phenoxy) is 1. The Morgan fingerprint density at radius 1 is 0.917 bits per heavy atom. The van der Waals surface area contributed by atoms with Gasteiger partial charge in [-0.15, -0.1) is 0 Å². The first-order valence-corrected chi connectivity index (χ1v) is 9.00. The summed E-state index contributed by atoms with van der Waals surface area (Å²) in [6.45, 7) is 5.02. The van der Waals surface area contributed by atoms with Gasteiger partial charge in [0.05, 0.1) is 6.61 Å². The molecule has 24 heavy (non-hydrogen) atoms. The monoisotopic (exact) mass is 324 g/mol. The highest BCUT2D eigenvalue weighted by Gasteiger charge is 2.06. The van der Waals surface area contributed by atoms with Crippen LogP contribution in [0.5, 0.6) is 5.75 Å². The number of carbonyl (C=O) groups is 1. The number of benzene rings is 2. The Morgan fingerprint density at radius 3 is 2.29 bits per heavy atom. The first-order valence-electron chi connectivity index (χ1n) is 9.00. The fourth-order valence-corrected chi connectivity index (χ4v) is 2.61. The van der Waals surface area contributed by atoms with E-state index in [0.717, 1.165) is 30.8 Å². The van der Waals surface area contributed by atoms with E-state index >= 15 is 0 Å². The quantitative estimate of drug-likeness (QED) is 0.409. The second-order valence-corrected chi connectivity index (χ2v) is 6.34. The van der Waals surface area contributed by atoms with Crippen LogP contribution in [0.25, 0.3) is 0 Å². The van der Waals surface area contributed by atoms with E-state index in [1.165, 1.54) is 30.4 Å². The maximum absolute atomic E-state index is 12.2. The van der Waals surface area contributed by atoms with Crippen LogP contribution in [0, 0.1) is 6.92 Å². The Labute approximate surface area is 145 Å². The number of aryl methyl sites for hydroxylation is 2. The van der Waals surface area contributed by atoms with E-state index < -0.39 is 0 Å². The van der Waals surface area contributed by atoms with Crippen molar-refractivity contribution in [2.24, 2.45) is 0 Å². The van der Waals surface area contributed by atoms with Crippen LogP contribution in [-0.4, -0.2) is 12.4 Å². The summed E-state index contributed by atoms with van der Waals surface area (Å²) in [5, 5.41) is 0. The molecule has 0 amide bonds. The lowest BCUT2D eigenvalue weighted by molar-refractivity contribution is 0.0983. The largest absolute Gasteiger partial charge is 0.494 e. The molecule has 0 heterocycles. The Morgan fingerprint density at radius 2 is 1.62 bits per heavy atom. The molecular formula is C22H28O2. The molecule has 0 unspecified atom stereocenters. The topological polar surface area (TPSA) is 26.3 Å². The highest BCUT2D eigenvalue weighted by molar-refractivity contribution is 5.96. The van der Waals surface area contributed by atoms with Crippen LogP contribution in [-0.2, 0) is 6.42 Å². The van der Waals surface area contributed by atoms with E-state index in [0.29, 0.717) is 6.42 Å². The lowest BCUT2D eigenvalue weighted by Crippen LogP contribution is -2.01. The maximum Gasteiger partial charge on any atom is 0.163 e. The fraction of sp³-hybridized carbons (Fsp3) is 0.409. The van der Waals surface area contributed by atoms with E-state index in [1.54, 1.807) is 0 Å². The van der Waals surface area contributed by atoms with Crippen molar-refractivity contribution in [2.45, 2.75) is 52.4 Å². The SMILES string of the molecule is CCCCCCOc1ccc(CCC(=O)c2ccc(C)cc2)cc1. The molecule has 0 aliphatic heterocycles. The van der Waals surface area contributed by atoms with Crippen molar-refractivity contribution in [3.8, 4) is 5.75 Å². The smallest absolute Gasteiger partial charge is 0.163 e. The average Bonchev–Trinajstić information content (AvgIpc) is 2.61. The molecule has 2 aromatic carbocycles. The van der Waals surface area contributed by atoms with Gasteiger partial charge >= 0.3 is 0 Å². The molecule has 2 rings (SSSR count). The number of Topliss-reactive ketones (excluding diaryl/α,β-unsaturated/α-hetero) is 1. The zero-order valence-electron chi connectivity index (χ0n) is 14.9. The normalized spacial score (nSPS) is 10.6. The van der Waals surface area contributed by atoms with E-state index in [-0.39, 0.29) is 5.78 Å². The predicted octanol–water partition coefficient (Wildman–Crippen LogP) is 5.77. The van der Waals surface area contributed by atoms with Gasteiger partial charge in [0, 0.05) is 12.0 Å². The van der Waals surface area contributed by atoms with Crippen molar-refractivity contribution in [1.29, 1.82) is 0 Å². The highest BCUT2D eigenvalue weighted by Crippen LogP contribution is 2.15. The van der Waals surface area contributed by atoms with Gasteiger partial charge in [-0.05, 0) is 37.5 Å². The van der Waals surface area contributed by atoms with Crippen LogP contribution in [0.4, 0.5) is 0 Å². The number of hydrogen-bond acceptors (Lipinski definition) is 2. The number of unbranched alkanes of at least 4 members (excludes halogenated alkanes) is 3. The van der Waals surface area contributed by atoms with Crippen molar-refractivity contribution in [2.75, 3.05) is 6.61 Å². The molecule has 0 radical (unpaired) electrons. The van der Waals surface area contributed by atoms with Crippen LogP contribution in [0.2, 0.25) is 0 Å². The molecule has 0 atom stereocenters. The van der Waals surface area contributed by atoms with Gasteiger partial charge < -0.3 is 4.74 Å². The molecule has 0 spiro atoms. The minimum absolute atomic E-state index is 0.200. The van der Waals surface area contributed by atoms with Gasteiger partial charge in [-0.1, -0.05) is 68.1 Å². The molecule has 0 bridgehead atoms. The standard InChI is InChI=1S/C22H28O2/c1-3-4-5-6-17-24-21-14-9-19(10-15-21)11-16-22(23)20-12-7-18(2)8-13-20/h7-10,12-15H,3-6,11,16-17H2,1-2H3. The maximum atomic E-state index is 12.2. The van der Waals surface area contributed by atoms with Gasteiger partial charge in [0.15, 0.2) is 5.78 Å². The molecule has 0 N–H and O–H groups in total. The Kier molecular flexibility index (Phi) is 7.54. The first kappa shape index (κ1) is 18.3. The molecule has 0 saturated carbocycles. The highest BCUT2D eigenvalue weighted by atomic mass is 16.5. The fourth-order valence-electron chi connectivity index (χ4n) is 2.61. The Balaban J connectivity index is 1.75. The zero-order valence-corrected chi connectivity index (χ0v) is 14.9. The van der Waals surface area contributed by atoms with Crippen LogP contribution in [0.1, 0.15) is 60.5 Å². The zero-order chi connectivity index (χ0) is 17.2. The first-order chi connectivity index (χ1) is 11.7. The van der Waals surface area contributed by atoms with Gasteiger partial charge in [0.2, 0.25) is 0 Å². The molecule has 2 aromatic rings. The molecular weight excluding hydrogens is 296 g/mol. The number of carbonyl (C=O) groups excluding carboxylic acids is 1. The van der Waals surface area contributed by atoms with E-state index in [1.807, 2.05) is 43.3 Å². The van der Waals surface area contributed by atoms with Gasteiger partial charge in [0.25, 0.3) is 0 Å². The van der Waals surface area contributed by atoms with Crippen molar-refractivity contribution >= 4 is 5.78 Å². The van der Waals surface area contributed by atoms with Crippen LogP contribution < -0.4 is 4.74 Å². The third-order valence-electron chi connectivity index (χ3n) is 4.20. The molecule has 128 valence electrons. The second kappa shape index (κ2) is 9.92. The molecule has 0 saturated heterocycles. The Bertz CT molecular complexity index is 611. The van der Waals surface area contributed by atoms with Gasteiger partial charge in [-0.3, -0.25) is 4.79 Å².